The molecule has 2 nitrogen and oxygen atoms in total. The van der Waals surface area contributed by atoms with E-state index in [2.05, 4.69) is 15.9 Å². The van der Waals surface area contributed by atoms with E-state index in [1.54, 1.807) is 12.2 Å². The third kappa shape index (κ3) is 3.23. The number of benzene rings is 2. The fourth-order valence-electron chi connectivity index (χ4n) is 1.64. The summed E-state index contributed by atoms with van der Waals surface area (Å²) in [5.41, 5.74) is 1.58. The van der Waals surface area contributed by atoms with E-state index < -0.39 is 0 Å². The highest BCUT2D eigenvalue weighted by Gasteiger charge is 2.06. The summed E-state index contributed by atoms with van der Waals surface area (Å²) in [5, 5.41) is 10.6. The summed E-state index contributed by atoms with van der Waals surface area (Å²) in [6, 6.07) is 8.43. The molecule has 0 amide bonds. The van der Waals surface area contributed by atoms with Gasteiger partial charge in [-0.25, -0.2) is 0 Å². The van der Waals surface area contributed by atoms with Crippen LogP contribution in [0.2, 0.25) is 10.0 Å². The lowest BCUT2D eigenvalue weighted by atomic mass is 10.1. The van der Waals surface area contributed by atoms with Crippen LogP contribution in [0.5, 0.6) is 5.75 Å². The SMILES string of the molecule is O=Cc1cc(Cl)c(C=Cc2cccc(Br)c2Cl)cc1O. The summed E-state index contributed by atoms with van der Waals surface area (Å²) in [6.07, 6.45) is 4.07. The number of hydrogen-bond acceptors (Lipinski definition) is 2. The van der Waals surface area contributed by atoms with Gasteiger partial charge in [-0.1, -0.05) is 47.5 Å². The molecule has 102 valence electrons. The van der Waals surface area contributed by atoms with E-state index in [9.17, 15) is 9.90 Å². The fraction of sp³-hybridized carbons (Fsp3) is 0. The lowest BCUT2D eigenvalue weighted by Crippen LogP contribution is -1.84. The molecule has 0 unspecified atom stereocenters. The minimum absolute atomic E-state index is 0.107. The first-order valence-electron chi connectivity index (χ1n) is 5.62. The first kappa shape index (κ1) is 15.1. The Morgan fingerprint density at radius 1 is 1.05 bits per heavy atom. The summed E-state index contributed by atoms with van der Waals surface area (Å²) in [5.74, 6) is -0.107. The molecule has 2 aromatic carbocycles. The van der Waals surface area contributed by atoms with Crippen LogP contribution in [0.25, 0.3) is 12.2 Å². The van der Waals surface area contributed by atoms with Gasteiger partial charge in [0.2, 0.25) is 0 Å². The van der Waals surface area contributed by atoms with Gasteiger partial charge in [0.1, 0.15) is 5.75 Å². The van der Waals surface area contributed by atoms with E-state index in [1.807, 2.05) is 18.2 Å². The molecule has 0 aromatic heterocycles. The highest BCUT2D eigenvalue weighted by Crippen LogP contribution is 2.30. The molecule has 1 N–H and O–H groups in total. The minimum atomic E-state index is -0.107. The van der Waals surface area contributed by atoms with Crippen LogP contribution in [0.15, 0.2) is 34.8 Å². The number of rotatable bonds is 3. The Morgan fingerprint density at radius 3 is 2.45 bits per heavy atom. The van der Waals surface area contributed by atoms with Crippen molar-refractivity contribution in [1.29, 1.82) is 0 Å². The first-order valence-corrected chi connectivity index (χ1v) is 7.17. The molecular weight excluding hydrogens is 363 g/mol. The zero-order valence-electron chi connectivity index (χ0n) is 10.1. The quantitative estimate of drug-likeness (QED) is 0.575. The van der Waals surface area contributed by atoms with Crippen molar-refractivity contribution in [3.05, 3.63) is 61.5 Å². The number of phenolic OH excluding ortho intramolecular Hbond substituents is 1. The summed E-state index contributed by atoms with van der Waals surface area (Å²) in [4.78, 5) is 10.7. The standard InChI is InChI=1S/C15H9BrCl2O2/c16-12-3-1-2-9(15(12)18)4-5-10-7-14(20)11(8-19)6-13(10)17/h1-8,20H. The predicted molar refractivity (Wildman–Crippen MR) is 86.6 cm³/mol. The summed E-state index contributed by atoms with van der Waals surface area (Å²) < 4.78 is 0.798. The zero-order valence-corrected chi connectivity index (χ0v) is 13.2. The second kappa shape index (κ2) is 6.44. The molecule has 5 heteroatoms. The Hall–Kier alpha value is -1.29. The van der Waals surface area contributed by atoms with Crippen molar-refractivity contribution < 1.29 is 9.90 Å². The Kier molecular flexibility index (Phi) is 4.86. The third-order valence-electron chi connectivity index (χ3n) is 2.70. The van der Waals surface area contributed by atoms with E-state index >= 15 is 0 Å². The lowest BCUT2D eigenvalue weighted by molar-refractivity contribution is 0.112. The molecule has 0 aliphatic rings. The molecule has 0 aliphatic carbocycles. The summed E-state index contributed by atoms with van der Waals surface area (Å²) in [7, 11) is 0. The molecule has 0 saturated carbocycles. The smallest absolute Gasteiger partial charge is 0.153 e. The summed E-state index contributed by atoms with van der Waals surface area (Å²) >= 11 is 15.6. The van der Waals surface area contributed by atoms with Crippen LogP contribution in [-0.4, -0.2) is 11.4 Å². The van der Waals surface area contributed by atoms with Gasteiger partial charge in [0.05, 0.1) is 10.6 Å². The van der Waals surface area contributed by atoms with Gasteiger partial charge in [-0.05, 0) is 45.3 Å². The maximum absolute atomic E-state index is 10.7. The van der Waals surface area contributed by atoms with Crippen LogP contribution in [-0.2, 0) is 0 Å². The number of aromatic hydroxyl groups is 1. The first-order chi connectivity index (χ1) is 9.52. The maximum Gasteiger partial charge on any atom is 0.153 e. The lowest BCUT2D eigenvalue weighted by Gasteiger charge is -2.04. The minimum Gasteiger partial charge on any atom is -0.507 e. The summed E-state index contributed by atoms with van der Waals surface area (Å²) in [6.45, 7) is 0. The molecule has 0 bridgehead atoms. The average Bonchev–Trinajstić information content (AvgIpc) is 2.43. The number of aldehydes is 1. The topological polar surface area (TPSA) is 37.3 Å². The van der Waals surface area contributed by atoms with Gasteiger partial charge in [-0.2, -0.15) is 0 Å². The van der Waals surface area contributed by atoms with Crippen LogP contribution in [0.1, 0.15) is 21.5 Å². The van der Waals surface area contributed by atoms with Gasteiger partial charge in [-0.3, -0.25) is 4.79 Å². The largest absolute Gasteiger partial charge is 0.507 e. The van der Waals surface area contributed by atoms with Crippen LogP contribution in [0.3, 0.4) is 0 Å². The van der Waals surface area contributed by atoms with Crippen LogP contribution < -0.4 is 0 Å². The van der Waals surface area contributed by atoms with Crippen molar-refractivity contribution in [2.75, 3.05) is 0 Å². The van der Waals surface area contributed by atoms with E-state index in [4.69, 9.17) is 23.2 Å². The van der Waals surface area contributed by atoms with Crippen LogP contribution in [0.4, 0.5) is 0 Å². The van der Waals surface area contributed by atoms with Gasteiger partial charge in [0.15, 0.2) is 6.29 Å². The van der Waals surface area contributed by atoms with Crippen molar-refractivity contribution >= 4 is 57.6 Å². The van der Waals surface area contributed by atoms with Gasteiger partial charge in [0.25, 0.3) is 0 Å². The molecule has 0 aliphatic heterocycles. The van der Waals surface area contributed by atoms with Crippen molar-refractivity contribution in [3.8, 4) is 5.75 Å². The normalized spacial score (nSPS) is 10.9. The van der Waals surface area contributed by atoms with Crippen molar-refractivity contribution in [3.63, 3.8) is 0 Å². The molecule has 0 radical (unpaired) electrons. The molecule has 0 fully saturated rings. The number of phenols is 1. The molecule has 2 aromatic rings. The molecule has 20 heavy (non-hydrogen) atoms. The monoisotopic (exact) mass is 370 g/mol. The average molecular weight is 372 g/mol. The highest BCUT2D eigenvalue weighted by atomic mass is 79.9. The molecule has 0 heterocycles. The van der Waals surface area contributed by atoms with Crippen LogP contribution >= 0.6 is 39.1 Å². The van der Waals surface area contributed by atoms with Crippen molar-refractivity contribution in [2.24, 2.45) is 0 Å². The second-order valence-corrected chi connectivity index (χ2v) is 5.67. The van der Waals surface area contributed by atoms with Gasteiger partial charge in [-0.15, -0.1) is 0 Å². The fourth-order valence-corrected chi connectivity index (χ4v) is 2.45. The second-order valence-electron chi connectivity index (χ2n) is 4.03. The number of halogens is 3. The molecule has 0 spiro atoms. The zero-order chi connectivity index (χ0) is 14.7. The van der Waals surface area contributed by atoms with Crippen LogP contribution in [0, 0.1) is 0 Å². The third-order valence-corrected chi connectivity index (χ3v) is 4.34. The highest BCUT2D eigenvalue weighted by molar-refractivity contribution is 9.10. The molecule has 0 saturated heterocycles. The Balaban J connectivity index is 2.39. The Labute approximate surface area is 134 Å². The molecule has 0 atom stereocenters. The van der Waals surface area contributed by atoms with Crippen molar-refractivity contribution in [1.82, 2.24) is 0 Å². The number of carbonyl (C=O) groups is 1. The Bertz CT molecular complexity index is 697. The predicted octanol–water partition coefficient (Wildman–Crippen LogP) is 5.44. The Morgan fingerprint density at radius 2 is 1.75 bits per heavy atom. The van der Waals surface area contributed by atoms with Gasteiger partial charge in [0, 0.05) is 9.50 Å². The van der Waals surface area contributed by atoms with Gasteiger partial charge >= 0.3 is 0 Å². The van der Waals surface area contributed by atoms with Crippen molar-refractivity contribution in [2.45, 2.75) is 0 Å². The number of hydrogen-bond donors (Lipinski definition) is 1. The number of carbonyl (C=O) groups excluding carboxylic acids is 1. The van der Waals surface area contributed by atoms with E-state index in [1.165, 1.54) is 12.1 Å². The molecule has 2 rings (SSSR count). The van der Waals surface area contributed by atoms with E-state index in [0.29, 0.717) is 21.9 Å². The van der Waals surface area contributed by atoms with E-state index in [0.717, 1.165) is 10.0 Å². The molecular formula is C15H9BrCl2O2. The van der Waals surface area contributed by atoms with E-state index in [-0.39, 0.29) is 11.3 Å². The maximum atomic E-state index is 10.7. The van der Waals surface area contributed by atoms with Gasteiger partial charge < -0.3 is 5.11 Å².